The lowest BCUT2D eigenvalue weighted by Gasteiger charge is -2.27. The fourth-order valence-electron chi connectivity index (χ4n) is 3.27. The number of aliphatic hydroxyl groups excluding tert-OH is 2. The van der Waals surface area contributed by atoms with Gasteiger partial charge in [-0.2, -0.15) is 0 Å². The number of ether oxygens (including phenoxy) is 1. The van der Waals surface area contributed by atoms with Gasteiger partial charge in [-0.15, -0.1) is 0 Å². The fraction of sp³-hybridized carbons (Fsp3) is 0.208. The van der Waals surface area contributed by atoms with Crippen molar-refractivity contribution in [3.05, 3.63) is 101 Å². The van der Waals surface area contributed by atoms with Crippen LogP contribution in [0.15, 0.2) is 78.9 Å². The molecule has 0 saturated heterocycles. The molecule has 3 rings (SSSR count). The molecule has 0 fully saturated rings. The van der Waals surface area contributed by atoms with Crippen molar-refractivity contribution in [2.24, 2.45) is 5.92 Å². The smallest absolute Gasteiger partial charge is 0.320 e. The maximum absolute atomic E-state index is 13.1. The Morgan fingerprint density at radius 2 is 1.14 bits per heavy atom. The van der Waals surface area contributed by atoms with E-state index in [1.165, 1.54) is 0 Å². The van der Waals surface area contributed by atoms with Gasteiger partial charge >= 0.3 is 5.97 Å². The molecule has 2 atom stereocenters. The molecule has 0 aliphatic carbocycles. The van der Waals surface area contributed by atoms with E-state index in [1.54, 1.807) is 48.5 Å². The number of carbonyl (C=O) groups excluding carboxylic acids is 1. The number of para-hydroxylation sites is 1. The van der Waals surface area contributed by atoms with Crippen LogP contribution >= 0.6 is 0 Å². The Kier molecular flexibility index (Phi) is 6.24. The van der Waals surface area contributed by atoms with Gasteiger partial charge in [0.2, 0.25) is 0 Å². The van der Waals surface area contributed by atoms with Crippen LogP contribution in [0.2, 0.25) is 0 Å². The van der Waals surface area contributed by atoms with Gasteiger partial charge in [-0.25, -0.2) is 0 Å². The molecule has 0 saturated carbocycles. The second-order valence-electron chi connectivity index (χ2n) is 6.88. The van der Waals surface area contributed by atoms with E-state index in [0.717, 1.165) is 11.1 Å². The Hall–Kier alpha value is -2.95. The molecule has 28 heavy (non-hydrogen) atoms. The first-order valence-corrected chi connectivity index (χ1v) is 9.23. The predicted octanol–water partition coefficient (Wildman–Crippen LogP) is 4.29. The second kappa shape index (κ2) is 8.83. The Bertz CT molecular complexity index is 856. The Balaban J connectivity index is 1.96. The molecule has 3 aromatic carbocycles. The predicted molar refractivity (Wildman–Crippen MR) is 108 cm³/mol. The third-order valence-electron chi connectivity index (χ3n) is 4.85. The number of hydrogen-bond acceptors (Lipinski definition) is 4. The van der Waals surface area contributed by atoms with E-state index >= 15 is 0 Å². The Morgan fingerprint density at radius 3 is 1.57 bits per heavy atom. The summed E-state index contributed by atoms with van der Waals surface area (Å²) >= 11 is 0. The maximum atomic E-state index is 13.1. The Labute approximate surface area is 165 Å². The molecular weight excluding hydrogens is 352 g/mol. The molecule has 0 amide bonds. The lowest BCUT2D eigenvalue weighted by atomic mass is 9.87. The first-order valence-electron chi connectivity index (χ1n) is 9.23. The van der Waals surface area contributed by atoms with Crippen molar-refractivity contribution in [3.63, 3.8) is 0 Å². The number of esters is 1. The molecule has 0 heterocycles. The molecule has 0 spiro atoms. The van der Waals surface area contributed by atoms with Gasteiger partial charge in [0, 0.05) is 0 Å². The highest BCUT2D eigenvalue weighted by molar-refractivity contribution is 5.77. The Morgan fingerprint density at radius 1 is 0.714 bits per heavy atom. The topological polar surface area (TPSA) is 66.8 Å². The summed E-state index contributed by atoms with van der Waals surface area (Å²) in [7, 11) is 0. The summed E-state index contributed by atoms with van der Waals surface area (Å²) in [5.74, 6) is -1.40. The summed E-state index contributed by atoms with van der Waals surface area (Å²) in [5, 5.41) is 21.9. The van der Waals surface area contributed by atoms with Crippen molar-refractivity contribution >= 4 is 5.97 Å². The van der Waals surface area contributed by atoms with Crippen molar-refractivity contribution in [1.82, 2.24) is 0 Å². The van der Waals surface area contributed by atoms with Crippen LogP contribution in [0.5, 0.6) is 5.75 Å². The minimum atomic E-state index is -1.21. The summed E-state index contributed by atoms with van der Waals surface area (Å²) in [6, 6.07) is 23.3. The van der Waals surface area contributed by atoms with Crippen molar-refractivity contribution in [1.29, 1.82) is 0 Å². The van der Waals surface area contributed by atoms with Crippen molar-refractivity contribution < 1.29 is 19.7 Å². The normalized spacial score (nSPS) is 14.1. The zero-order chi connectivity index (χ0) is 20.1. The molecule has 2 unspecified atom stereocenters. The van der Waals surface area contributed by atoms with E-state index in [4.69, 9.17) is 4.74 Å². The highest BCUT2D eigenvalue weighted by Crippen LogP contribution is 2.35. The standard InChI is InChI=1S/C24H24O4/c1-16-10-9-11-17(2)23(16)28-24(27)20(21(25)18-12-5-3-6-13-18)22(26)19-14-7-4-8-15-19/h3-15,20-22,25-26H,1-2H3. The molecule has 0 radical (unpaired) electrons. The van der Waals surface area contributed by atoms with Crippen LogP contribution < -0.4 is 4.74 Å². The first-order chi connectivity index (χ1) is 13.5. The molecule has 0 aromatic heterocycles. The summed E-state index contributed by atoms with van der Waals surface area (Å²) < 4.78 is 5.66. The number of hydrogen-bond donors (Lipinski definition) is 2. The number of carbonyl (C=O) groups is 1. The number of aryl methyl sites for hydroxylation is 2. The quantitative estimate of drug-likeness (QED) is 0.497. The average Bonchev–Trinajstić information content (AvgIpc) is 2.72. The summed E-state index contributed by atoms with van der Waals surface area (Å²) in [5.41, 5.74) is 2.72. The third kappa shape index (κ3) is 4.30. The van der Waals surface area contributed by atoms with Gasteiger partial charge in [-0.3, -0.25) is 4.79 Å². The first kappa shape index (κ1) is 19.8. The van der Waals surface area contributed by atoms with Crippen LogP contribution in [-0.4, -0.2) is 16.2 Å². The van der Waals surface area contributed by atoms with Crippen LogP contribution in [0.25, 0.3) is 0 Å². The minimum Gasteiger partial charge on any atom is -0.426 e. The minimum absolute atomic E-state index is 0.457. The molecule has 2 N–H and O–H groups in total. The van der Waals surface area contributed by atoms with E-state index in [1.807, 2.05) is 44.2 Å². The molecule has 144 valence electrons. The lowest BCUT2D eigenvalue weighted by molar-refractivity contribution is -0.149. The van der Waals surface area contributed by atoms with Gasteiger partial charge in [0.25, 0.3) is 0 Å². The van der Waals surface area contributed by atoms with Crippen LogP contribution in [0, 0.1) is 19.8 Å². The van der Waals surface area contributed by atoms with E-state index in [9.17, 15) is 15.0 Å². The SMILES string of the molecule is Cc1cccc(C)c1OC(=O)C(C(O)c1ccccc1)C(O)c1ccccc1. The molecule has 0 aliphatic rings. The highest BCUT2D eigenvalue weighted by Gasteiger charge is 2.37. The third-order valence-corrected chi connectivity index (χ3v) is 4.85. The zero-order valence-corrected chi connectivity index (χ0v) is 15.9. The van der Waals surface area contributed by atoms with Crippen LogP contribution in [0.1, 0.15) is 34.5 Å². The van der Waals surface area contributed by atoms with E-state index in [-0.39, 0.29) is 0 Å². The van der Waals surface area contributed by atoms with Crippen LogP contribution in [0.3, 0.4) is 0 Å². The van der Waals surface area contributed by atoms with E-state index < -0.39 is 24.1 Å². The summed E-state index contributed by atoms with van der Waals surface area (Å²) in [6.45, 7) is 3.71. The number of rotatable bonds is 6. The summed E-state index contributed by atoms with van der Waals surface area (Å²) in [4.78, 5) is 13.1. The molecule has 0 aliphatic heterocycles. The van der Waals surface area contributed by atoms with Crippen molar-refractivity contribution in [2.75, 3.05) is 0 Å². The molecule has 4 nitrogen and oxygen atoms in total. The van der Waals surface area contributed by atoms with E-state index in [2.05, 4.69) is 0 Å². The van der Waals surface area contributed by atoms with Gasteiger partial charge in [0.05, 0.1) is 12.2 Å². The number of benzene rings is 3. The monoisotopic (exact) mass is 376 g/mol. The van der Waals surface area contributed by atoms with E-state index in [0.29, 0.717) is 16.9 Å². The van der Waals surface area contributed by atoms with Gasteiger partial charge in [-0.05, 0) is 36.1 Å². The van der Waals surface area contributed by atoms with Crippen molar-refractivity contribution in [3.8, 4) is 5.75 Å². The summed E-state index contributed by atoms with van der Waals surface area (Å²) in [6.07, 6.45) is -2.43. The molecule has 0 bridgehead atoms. The van der Waals surface area contributed by atoms with Gasteiger partial charge in [0.1, 0.15) is 11.7 Å². The van der Waals surface area contributed by atoms with Gasteiger partial charge in [-0.1, -0.05) is 78.9 Å². The van der Waals surface area contributed by atoms with Gasteiger partial charge < -0.3 is 14.9 Å². The molecule has 3 aromatic rings. The second-order valence-corrected chi connectivity index (χ2v) is 6.88. The number of aliphatic hydroxyl groups is 2. The lowest BCUT2D eigenvalue weighted by Crippen LogP contribution is -2.32. The molecular formula is C24H24O4. The maximum Gasteiger partial charge on any atom is 0.320 e. The largest absolute Gasteiger partial charge is 0.426 e. The highest BCUT2D eigenvalue weighted by atomic mass is 16.5. The van der Waals surface area contributed by atoms with Gasteiger partial charge in [0.15, 0.2) is 0 Å². The molecule has 4 heteroatoms. The van der Waals surface area contributed by atoms with Crippen LogP contribution in [0.4, 0.5) is 0 Å². The average molecular weight is 376 g/mol. The fourth-order valence-corrected chi connectivity index (χ4v) is 3.27. The van der Waals surface area contributed by atoms with Crippen molar-refractivity contribution in [2.45, 2.75) is 26.1 Å². The zero-order valence-electron chi connectivity index (χ0n) is 15.9. The van der Waals surface area contributed by atoms with Crippen LogP contribution in [-0.2, 0) is 4.79 Å².